The Kier molecular flexibility index (Phi) is 10.0. The van der Waals surface area contributed by atoms with Crippen molar-refractivity contribution in [2.24, 2.45) is 0 Å². The molecule has 0 unspecified atom stereocenters. The van der Waals surface area contributed by atoms with E-state index in [4.69, 9.17) is 37.9 Å². The fourth-order valence-corrected chi connectivity index (χ4v) is 4.51. The highest BCUT2D eigenvalue weighted by Crippen LogP contribution is 2.38. The van der Waals surface area contributed by atoms with Crippen LogP contribution in [0.5, 0.6) is 34.5 Å². The summed E-state index contributed by atoms with van der Waals surface area (Å²) in [5, 5.41) is 72.6. The van der Waals surface area contributed by atoms with Crippen LogP contribution in [0.1, 0.15) is 10.4 Å². The molecule has 2 aromatic carbocycles. The van der Waals surface area contributed by atoms with Crippen molar-refractivity contribution in [1.29, 1.82) is 0 Å². The lowest BCUT2D eigenvalue weighted by atomic mass is 9.98. The summed E-state index contributed by atoms with van der Waals surface area (Å²) in [5.41, 5.74) is -2.26. The van der Waals surface area contributed by atoms with Gasteiger partial charge in [0.1, 0.15) is 36.8 Å². The van der Waals surface area contributed by atoms with Crippen LogP contribution >= 0.6 is 0 Å². The van der Waals surface area contributed by atoms with E-state index in [0.717, 1.165) is 0 Å². The Morgan fingerprint density at radius 2 is 1.58 bits per heavy atom. The van der Waals surface area contributed by atoms with Crippen molar-refractivity contribution >= 4 is 5.97 Å². The summed E-state index contributed by atoms with van der Waals surface area (Å²) in [5.74, 6) is -1.43. The first kappa shape index (κ1) is 32.3. The first-order valence-corrected chi connectivity index (χ1v) is 12.9. The Morgan fingerprint density at radius 3 is 2.19 bits per heavy atom. The number of phenols is 2. The molecule has 0 aromatic heterocycles. The fourth-order valence-electron chi connectivity index (χ4n) is 4.51. The van der Waals surface area contributed by atoms with Crippen molar-refractivity contribution in [2.45, 2.75) is 48.7 Å². The number of carbonyl (C=O) groups is 1. The molecule has 238 valence electrons. The van der Waals surface area contributed by atoms with Crippen LogP contribution in [-0.4, -0.2) is 132 Å². The maximum absolute atomic E-state index is 12.7. The average Bonchev–Trinajstić information content (AvgIpc) is 3.28. The number of phenolic OH excluding ortho intramolecular Hbond substituents is 2. The molecule has 8 atom stereocenters. The standard InChI is InChI=1S/C27H34O16/c1-36-15-8-13(29)4-5-14(15)41-25-22(21(32)20(31)18(9-28)42-25)43-26-23(33)27(35,11-40-26)10-39-24(34)12-6-16(37-2)19(30)17(7-12)38-3/h4-8,18,20-23,25-26,28-33,35H,9-11H2,1-3H3/t18-,20-,21+,22-,23+,25-,26+,27-/m1/s1. The molecule has 4 rings (SSSR count). The molecule has 16 nitrogen and oxygen atoms in total. The first-order valence-electron chi connectivity index (χ1n) is 12.9. The van der Waals surface area contributed by atoms with Gasteiger partial charge in [0.2, 0.25) is 12.0 Å². The van der Waals surface area contributed by atoms with E-state index < -0.39 is 74.5 Å². The number of ether oxygens (including phenoxy) is 8. The van der Waals surface area contributed by atoms with Gasteiger partial charge in [0.25, 0.3) is 0 Å². The van der Waals surface area contributed by atoms with Gasteiger partial charge in [0.15, 0.2) is 41.0 Å². The highest BCUT2D eigenvalue weighted by Gasteiger charge is 2.54. The van der Waals surface area contributed by atoms with Gasteiger partial charge in [0, 0.05) is 6.07 Å². The molecule has 0 spiro atoms. The zero-order valence-electron chi connectivity index (χ0n) is 23.4. The van der Waals surface area contributed by atoms with E-state index in [0.29, 0.717) is 0 Å². The van der Waals surface area contributed by atoms with E-state index in [1.807, 2.05) is 0 Å². The number of rotatable bonds is 11. The molecular weight excluding hydrogens is 580 g/mol. The fraction of sp³-hybridized carbons (Fsp3) is 0.519. The minimum absolute atomic E-state index is 0.0398. The Bertz CT molecular complexity index is 1250. The molecule has 43 heavy (non-hydrogen) atoms. The summed E-state index contributed by atoms with van der Waals surface area (Å²) in [7, 11) is 3.86. The van der Waals surface area contributed by atoms with Gasteiger partial charge in [-0.05, 0) is 24.3 Å². The third-order valence-electron chi connectivity index (χ3n) is 6.98. The van der Waals surface area contributed by atoms with Crippen LogP contribution < -0.4 is 18.9 Å². The minimum atomic E-state index is -2.17. The molecule has 0 bridgehead atoms. The summed E-state index contributed by atoms with van der Waals surface area (Å²) in [4.78, 5) is 12.7. The van der Waals surface area contributed by atoms with Crippen LogP contribution in [-0.2, 0) is 18.9 Å². The van der Waals surface area contributed by atoms with Crippen molar-refractivity contribution in [3.05, 3.63) is 35.9 Å². The van der Waals surface area contributed by atoms with E-state index in [1.165, 1.54) is 51.7 Å². The molecule has 2 aliphatic heterocycles. The lowest BCUT2D eigenvalue weighted by molar-refractivity contribution is -0.319. The van der Waals surface area contributed by atoms with E-state index in [9.17, 15) is 40.5 Å². The van der Waals surface area contributed by atoms with E-state index in [2.05, 4.69) is 0 Å². The summed E-state index contributed by atoms with van der Waals surface area (Å²) in [6.45, 7) is -2.02. The zero-order valence-corrected chi connectivity index (χ0v) is 23.4. The Balaban J connectivity index is 1.47. The molecule has 2 aliphatic rings. The van der Waals surface area contributed by atoms with Gasteiger partial charge in [0.05, 0.1) is 40.1 Å². The van der Waals surface area contributed by atoms with Crippen molar-refractivity contribution in [1.82, 2.24) is 0 Å². The number of esters is 1. The quantitative estimate of drug-likeness (QED) is 0.145. The Hall–Kier alpha value is -3.61. The second kappa shape index (κ2) is 13.4. The Morgan fingerprint density at radius 1 is 0.930 bits per heavy atom. The first-order chi connectivity index (χ1) is 20.5. The number of hydrogen-bond donors (Lipinski definition) is 7. The molecule has 0 amide bonds. The Labute approximate surface area is 245 Å². The van der Waals surface area contributed by atoms with Crippen LogP contribution in [0.3, 0.4) is 0 Å². The van der Waals surface area contributed by atoms with Crippen LogP contribution in [0, 0.1) is 0 Å². The van der Waals surface area contributed by atoms with Gasteiger partial charge in [-0.25, -0.2) is 4.79 Å². The number of aliphatic hydroxyl groups excluding tert-OH is 4. The maximum atomic E-state index is 12.7. The number of methoxy groups -OCH3 is 3. The highest BCUT2D eigenvalue weighted by atomic mass is 16.8. The lowest BCUT2D eigenvalue weighted by Gasteiger charge is -2.42. The zero-order chi connectivity index (χ0) is 31.5. The van der Waals surface area contributed by atoms with Crippen LogP contribution in [0.15, 0.2) is 30.3 Å². The molecule has 16 heteroatoms. The summed E-state index contributed by atoms with van der Waals surface area (Å²) in [6.07, 6.45) is -11.2. The molecule has 2 fully saturated rings. The molecular formula is C27H34O16. The van der Waals surface area contributed by atoms with Crippen molar-refractivity contribution < 1.29 is 78.4 Å². The molecule has 2 aromatic rings. The number of hydrogen-bond acceptors (Lipinski definition) is 16. The second-order valence-electron chi connectivity index (χ2n) is 9.79. The van der Waals surface area contributed by atoms with Gasteiger partial charge >= 0.3 is 5.97 Å². The second-order valence-corrected chi connectivity index (χ2v) is 9.79. The monoisotopic (exact) mass is 614 g/mol. The molecule has 0 saturated carbocycles. The van der Waals surface area contributed by atoms with E-state index in [-0.39, 0.29) is 40.1 Å². The molecule has 7 N–H and O–H groups in total. The largest absolute Gasteiger partial charge is 0.508 e. The predicted molar refractivity (Wildman–Crippen MR) is 140 cm³/mol. The summed E-state index contributed by atoms with van der Waals surface area (Å²) < 4.78 is 42.9. The molecule has 2 heterocycles. The van der Waals surface area contributed by atoms with Crippen LogP contribution in [0.4, 0.5) is 0 Å². The van der Waals surface area contributed by atoms with Gasteiger partial charge < -0.3 is 73.6 Å². The lowest BCUT2D eigenvalue weighted by Crippen LogP contribution is -2.62. The third kappa shape index (κ3) is 6.66. The number of benzene rings is 2. The topological polar surface area (TPSA) is 233 Å². The van der Waals surface area contributed by atoms with Crippen molar-refractivity contribution in [2.75, 3.05) is 41.2 Å². The third-order valence-corrected chi connectivity index (χ3v) is 6.98. The highest BCUT2D eigenvalue weighted by molar-refractivity contribution is 5.91. The number of aliphatic hydroxyl groups is 5. The summed E-state index contributed by atoms with van der Waals surface area (Å²) >= 11 is 0. The predicted octanol–water partition coefficient (Wildman–Crippen LogP) is -1.37. The van der Waals surface area contributed by atoms with Crippen molar-refractivity contribution in [3.63, 3.8) is 0 Å². The van der Waals surface area contributed by atoms with Gasteiger partial charge in [-0.3, -0.25) is 0 Å². The normalized spacial score (nSPS) is 30.5. The number of carbonyl (C=O) groups excluding carboxylic acids is 1. The van der Waals surface area contributed by atoms with E-state index >= 15 is 0 Å². The number of aromatic hydroxyl groups is 2. The molecule has 0 aliphatic carbocycles. The van der Waals surface area contributed by atoms with Gasteiger partial charge in [-0.2, -0.15) is 0 Å². The van der Waals surface area contributed by atoms with Gasteiger partial charge in [-0.1, -0.05) is 0 Å². The molecule has 2 saturated heterocycles. The van der Waals surface area contributed by atoms with Gasteiger partial charge in [-0.15, -0.1) is 0 Å². The summed E-state index contributed by atoms with van der Waals surface area (Å²) in [6, 6.07) is 6.26. The molecule has 0 radical (unpaired) electrons. The average molecular weight is 615 g/mol. The minimum Gasteiger partial charge on any atom is -0.508 e. The smallest absolute Gasteiger partial charge is 0.338 e. The van der Waals surface area contributed by atoms with Crippen LogP contribution in [0.25, 0.3) is 0 Å². The SMILES string of the molecule is COc1cc(O)ccc1O[C@@H]1O[C@H](CO)[C@@H](O)[C@H](O)[C@H]1O[C@@H]1OC[C@](O)(COC(=O)c2cc(OC)c(O)c(OC)c2)[C@H]1O. The van der Waals surface area contributed by atoms with E-state index in [1.54, 1.807) is 0 Å². The van der Waals surface area contributed by atoms with Crippen molar-refractivity contribution in [3.8, 4) is 34.5 Å². The van der Waals surface area contributed by atoms with Crippen LogP contribution in [0.2, 0.25) is 0 Å². The maximum Gasteiger partial charge on any atom is 0.338 e.